The molecule has 0 atom stereocenters. The van der Waals surface area contributed by atoms with Gasteiger partial charge in [-0.3, -0.25) is 4.79 Å². The Morgan fingerprint density at radius 1 is 1.25 bits per heavy atom. The third kappa shape index (κ3) is 4.66. The summed E-state index contributed by atoms with van der Waals surface area (Å²) in [5.41, 5.74) is 1.31. The normalized spacial score (nSPS) is 12.1. The number of aliphatic carboxylic acids is 1. The highest BCUT2D eigenvalue weighted by atomic mass is 28.4. The van der Waals surface area contributed by atoms with Crippen LogP contribution in [0.3, 0.4) is 0 Å². The van der Waals surface area contributed by atoms with Crippen molar-refractivity contribution in [2.45, 2.75) is 33.4 Å². The molecule has 0 saturated heterocycles. The predicted octanol–water partition coefficient (Wildman–Crippen LogP) is 2.37. The number of hydrogen-bond acceptors (Lipinski definition) is 3. The summed E-state index contributed by atoms with van der Waals surface area (Å²) >= 11 is 0. The fourth-order valence-corrected chi connectivity index (χ4v) is 3.40. The number of carboxylic acid groups (broad SMARTS) is 1. The number of aryl methyl sites for hydroxylation is 1. The molecule has 0 bridgehead atoms. The molecule has 20 heavy (non-hydrogen) atoms. The number of benzene rings is 1. The third-order valence-corrected chi connectivity index (χ3v) is 5.49. The van der Waals surface area contributed by atoms with E-state index in [1.54, 1.807) is 0 Å². The maximum Gasteiger partial charge on any atom is 0.330 e. The smallest absolute Gasteiger partial charge is 0.330 e. The van der Waals surface area contributed by atoms with Crippen LogP contribution in [-0.2, 0) is 14.0 Å². The number of carboxylic acids is 1. The van der Waals surface area contributed by atoms with Gasteiger partial charge in [0, 0.05) is 5.57 Å². The minimum absolute atomic E-state index is 0.0135. The Morgan fingerprint density at radius 3 is 2.30 bits per heavy atom. The first kappa shape index (κ1) is 16.2. The average Bonchev–Trinajstić information content (AvgIpc) is 2.35. The van der Waals surface area contributed by atoms with Crippen LogP contribution in [0.2, 0.25) is 13.1 Å². The molecule has 0 heterocycles. The zero-order valence-electron chi connectivity index (χ0n) is 12.3. The predicted molar refractivity (Wildman–Crippen MR) is 80.4 cm³/mol. The van der Waals surface area contributed by atoms with E-state index >= 15 is 0 Å². The van der Waals surface area contributed by atoms with Gasteiger partial charge >= 0.3 is 5.97 Å². The highest BCUT2D eigenvalue weighted by molar-refractivity contribution is 6.85. The molecule has 5 heteroatoms. The summed E-state index contributed by atoms with van der Waals surface area (Å²) in [6.07, 6.45) is 1.37. The fraction of sp³-hybridized carbons (Fsp3) is 0.333. The van der Waals surface area contributed by atoms with Gasteiger partial charge in [-0.2, -0.15) is 0 Å². The van der Waals surface area contributed by atoms with Crippen LogP contribution >= 0.6 is 0 Å². The van der Waals surface area contributed by atoms with Gasteiger partial charge < -0.3 is 9.53 Å². The van der Waals surface area contributed by atoms with Gasteiger partial charge in [-0.15, -0.1) is 0 Å². The van der Waals surface area contributed by atoms with E-state index in [-0.39, 0.29) is 18.0 Å². The molecule has 0 unspecified atom stereocenters. The number of hydrogen-bond donors (Lipinski definition) is 1. The second-order valence-corrected chi connectivity index (χ2v) is 9.05. The summed E-state index contributed by atoms with van der Waals surface area (Å²) in [4.78, 5) is 22.4. The summed E-state index contributed by atoms with van der Waals surface area (Å²) in [5.74, 6) is -1.41. The van der Waals surface area contributed by atoms with Crippen LogP contribution in [0.5, 0.6) is 0 Å². The minimum Gasteiger partial charge on any atom is -0.515 e. The molecular formula is C15H20O4Si. The molecule has 0 aliphatic rings. The fourth-order valence-electron chi connectivity index (χ4n) is 1.66. The molecule has 1 aromatic carbocycles. The minimum atomic E-state index is -2.29. The standard InChI is InChI=1S/C15H20O4Si/c1-11-5-8-13(9-6-11)20(3,4)19-14(16)10-7-12(2)15(17)18/h5-9H,10H2,1-4H3,(H,17,18). The lowest BCUT2D eigenvalue weighted by Crippen LogP contribution is -2.46. The molecule has 1 aromatic rings. The lowest BCUT2D eigenvalue weighted by Gasteiger charge is -2.23. The Labute approximate surface area is 120 Å². The van der Waals surface area contributed by atoms with Crippen LogP contribution < -0.4 is 5.19 Å². The van der Waals surface area contributed by atoms with Crippen LogP contribution in [-0.4, -0.2) is 25.4 Å². The summed E-state index contributed by atoms with van der Waals surface area (Å²) in [6.45, 7) is 7.36. The first-order valence-electron chi connectivity index (χ1n) is 6.41. The maximum atomic E-state index is 11.8. The molecule has 1 N–H and O–H groups in total. The largest absolute Gasteiger partial charge is 0.515 e. The monoisotopic (exact) mass is 292 g/mol. The topological polar surface area (TPSA) is 63.6 Å². The molecular weight excluding hydrogens is 272 g/mol. The SMILES string of the molecule is CC(=CCC(=O)O[Si](C)(C)c1ccc(C)cc1)C(=O)O. The van der Waals surface area contributed by atoms with Gasteiger partial charge in [-0.25, -0.2) is 4.79 Å². The highest BCUT2D eigenvalue weighted by Gasteiger charge is 2.29. The van der Waals surface area contributed by atoms with Crippen molar-refractivity contribution in [2.24, 2.45) is 0 Å². The van der Waals surface area contributed by atoms with E-state index in [1.165, 1.54) is 13.0 Å². The summed E-state index contributed by atoms with van der Waals surface area (Å²) in [7, 11) is -2.29. The first-order valence-corrected chi connectivity index (χ1v) is 9.32. The maximum absolute atomic E-state index is 11.8. The first-order chi connectivity index (χ1) is 9.22. The molecule has 0 radical (unpaired) electrons. The van der Waals surface area contributed by atoms with Crippen molar-refractivity contribution >= 4 is 25.4 Å². The average molecular weight is 292 g/mol. The van der Waals surface area contributed by atoms with Gasteiger partial charge in [-0.1, -0.05) is 35.9 Å². The van der Waals surface area contributed by atoms with E-state index < -0.39 is 14.3 Å². The lowest BCUT2D eigenvalue weighted by molar-refractivity contribution is -0.134. The van der Waals surface area contributed by atoms with Crippen molar-refractivity contribution in [1.29, 1.82) is 0 Å². The molecule has 0 spiro atoms. The van der Waals surface area contributed by atoms with Gasteiger partial charge in [0.05, 0.1) is 6.42 Å². The second-order valence-electron chi connectivity index (χ2n) is 5.25. The summed E-state index contributed by atoms with van der Waals surface area (Å²) in [6, 6.07) is 7.94. The molecule has 0 saturated carbocycles. The number of carbonyl (C=O) groups is 2. The van der Waals surface area contributed by atoms with Gasteiger partial charge in [0.15, 0.2) is 0 Å². The Kier molecular flexibility index (Phi) is 5.27. The van der Waals surface area contributed by atoms with E-state index in [1.807, 2.05) is 44.3 Å². The van der Waals surface area contributed by atoms with Gasteiger partial charge in [-0.05, 0) is 32.1 Å². The van der Waals surface area contributed by atoms with Crippen LogP contribution in [0.15, 0.2) is 35.9 Å². The van der Waals surface area contributed by atoms with E-state index in [9.17, 15) is 9.59 Å². The van der Waals surface area contributed by atoms with E-state index in [0.29, 0.717) is 0 Å². The lowest BCUT2D eigenvalue weighted by atomic mass is 10.2. The van der Waals surface area contributed by atoms with E-state index in [2.05, 4.69) is 0 Å². The summed E-state index contributed by atoms with van der Waals surface area (Å²) in [5, 5.41) is 9.76. The molecule has 0 aliphatic carbocycles. The molecule has 4 nitrogen and oxygen atoms in total. The second kappa shape index (κ2) is 6.52. The zero-order chi connectivity index (χ0) is 15.3. The zero-order valence-corrected chi connectivity index (χ0v) is 13.3. The van der Waals surface area contributed by atoms with Crippen molar-refractivity contribution < 1.29 is 19.1 Å². The molecule has 0 fully saturated rings. The number of carbonyl (C=O) groups excluding carboxylic acids is 1. The van der Waals surface area contributed by atoms with E-state index in [4.69, 9.17) is 9.53 Å². The van der Waals surface area contributed by atoms with Crippen molar-refractivity contribution in [2.75, 3.05) is 0 Å². The quantitative estimate of drug-likeness (QED) is 0.668. The van der Waals surface area contributed by atoms with Crippen LogP contribution in [0.25, 0.3) is 0 Å². The highest BCUT2D eigenvalue weighted by Crippen LogP contribution is 2.09. The van der Waals surface area contributed by atoms with Crippen molar-refractivity contribution in [1.82, 2.24) is 0 Å². The Hall–Kier alpha value is -1.88. The van der Waals surface area contributed by atoms with Crippen molar-refractivity contribution in [3.63, 3.8) is 0 Å². The van der Waals surface area contributed by atoms with Gasteiger partial charge in [0.25, 0.3) is 14.3 Å². The molecule has 108 valence electrons. The van der Waals surface area contributed by atoms with Crippen molar-refractivity contribution in [3.05, 3.63) is 41.5 Å². The molecule has 0 aromatic heterocycles. The van der Waals surface area contributed by atoms with Crippen LogP contribution in [0.4, 0.5) is 0 Å². The Bertz CT molecular complexity index is 529. The van der Waals surface area contributed by atoms with Crippen LogP contribution in [0, 0.1) is 6.92 Å². The molecule has 0 aliphatic heterocycles. The summed E-state index contributed by atoms with van der Waals surface area (Å²) < 4.78 is 5.56. The van der Waals surface area contributed by atoms with Gasteiger partial charge in [0.1, 0.15) is 0 Å². The van der Waals surface area contributed by atoms with Gasteiger partial charge in [0.2, 0.25) is 0 Å². The Balaban J connectivity index is 2.71. The molecule has 1 rings (SSSR count). The number of rotatable bonds is 5. The third-order valence-electron chi connectivity index (χ3n) is 3.03. The molecule has 0 amide bonds. The Morgan fingerprint density at radius 2 is 1.80 bits per heavy atom. The van der Waals surface area contributed by atoms with Crippen molar-refractivity contribution in [3.8, 4) is 0 Å². The van der Waals surface area contributed by atoms with E-state index in [0.717, 1.165) is 10.8 Å². The van der Waals surface area contributed by atoms with Crippen LogP contribution in [0.1, 0.15) is 18.9 Å².